The Balaban J connectivity index is 1.46. The zero-order chi connectivity index (χ0) is 28.4. The van der Waals surface area contributed by atoms with Crippen molar-refractivity contribution in [2.24, 2.45) is 0 Å². The van der Waals surface area contributed by atoms with Crippen molar-refractivity contribution in [2.75, 3.05) is 15.4 Å². The molecule has 0 radical (unpaired) electrons. The van der Waals surface area contributed by atoms with E-state index in [0.29, 0.717) is 17.2 Å². The van der Waals surface area contributed by atoms with Crippen LogP contribution in [0.4, 0.5) is 22.0 Å². The van der Waals surface area contributed by atoms with Crippen molar-refractivity contribution in [2.45, 2.75) is 33.1 Å². The molecule has 0 aliphatic carbocycles. The second-order valence-corrected chi connectivity index (χ2v) is 11.3. The van der Waals surface area contributed by atoms with Crippen LogP contribution in [0.2, 0.25) is 0 Å². The van der Waals surface area contributed by atoms with Gasteiger partial charge in [0.2, 0.25) is 0 Å². The van der Waals surface area contributed by atoms with Crippen LogP contribution < -0.4 is 15.4 Å². The van der Waals surface area contributed by atoms with E-state index in [9.17, 15) is 13.6 Å². The molecule has 204 valence electrons. The number of fused-ring (bicyclic) bond motifs is 1. The van der Waals surface area contributed by atoms with E-state index in [2.05, 4.69) is 36.1 Å². The predicted molar refractivity (Wildman–Crippen MR) is 163 cm³/mol. The van der Waals surface area contributed by atoms with E-state index in [-0.39, 0.29) is 11.4 Å². The van der Waals surface area contributed by atoms with Gasteiger partial charge in [-0.15, -0.1) is 0 Å². The van der Waals surface area contributed by atoms with Crippen molar-refractivity contribution in [1.82, 2.24) is 9.78 Å². The van der Waals surface area contributed by atoms with E-state index in [4.69, 9.17) is 5.10 Å². The normalized spacial score (nSPS) is 12.2. The van der Waals surface area contributed by atoms with Crippen LogP contribution in [0.25, 0.3) is 27.6 Å². The third kappa shape index (κ3) is 5.90. The second kappa shape index (κ2) is 11.0. The lowest BCUT2D eigenvalue weighted by Gasteiger charge is -2.14. The predicted octanol–water partition coefficient (Wildman–Crippen LogP) is 7.49. The smallest absolute Gasteiger partial charge is 0.307 e. The standard InChI is InChI=1S/C31H31N5O3S/c1-20-12-14-23(15-13-20)36-29(19-28(34-36)31(2,3)4)33-30(37)32-27-17-16-24(25-10-5-6-11-26(25)27)21-8-7-9-22(18-21)35-40(38)39/h5-19,35H,1-4H3,(H,38,39)(H2,32,33,37). The first-order chi connectivity index (χ1) is 19.1. The number of anilines is 3. The van der Waals surface area contributed by atoms with Gasteiger partial charge in [-0.2, -0.15) is 5.10 Å². The SMILES string of the molecule is Cc1ccc(-n2nc(C(C)(C)C)cc2NC(=O)Nc2ccc(-c3cccc(NS(=O)O)c3)c3ccccc23)cc1. The maximum absolute atomic E-state index is 13.3. The van der Waals surface area contributed by atoms with Gasteiger partial charge >= 0.3 is 6.03 Å². The molecule has 0 fully saturated rings. The molecule has 40 heavy (non-hydrogen) atoms. The number of benzene rings is 4. The van der Waals surface area contributed by atoms with Gasteiger partial charge in [0.25, 0.3) is 11.3 Å². The number of hydrogen-bond acceptors (Lipinski definition) is 3. The summed E-state index contributed by atoms with van der Waals surface area (Å²) < 4.78 is 24.7. The Morgan fingerprint density at radius 3 is 2.30 bits per heavy atom. The van der Waals surface area contributed by atoms with Crippen molar-refractivity contribution in [3.63, 3.8) is 0 Å². The number of rotatable bonds is 6. The molecule has 1 heterocycles. The number of nitrogens with zero attached hydrogens (tertiary/aromatic N) is 2. The number of aromatic nitrogens is 2. The molecule has 0 aliphatic heterocycles. The van der Waals surface area contributed by atoms with E-state index >= 15 is 0 Å². The van der Waals surface area contributed by atoms with Crippen molar-refractivity contribution in [3.8, 4) is 16.8 Å². The minimum atomic E-state index is -2.17. The van der Waals surface area contributed by atoms with Crippen LogP contribution in [-0.2, 0) is 16.7 Å². The topological polar surface area (TPSA) is 108 Å². The van der Waals surface area contributed by atoms with Crippen LogP contribution >= 0.6 is 0 Å². The molecule has 1 unspecified atom stereocenters. The highest BCUT2D eigenvalue weighted by atomic mass is 32.2. The molecule has 1 aromatic heterocycles. The monoisotopic (exact) mass is 553 g/mol. The maximum Gasteiger partial charge on any atom is 0.324 e. The molecule has 1 atom stereocenters. The largest absolute Gasteiger partial charge is 0.324 e. The molecular weight excluding hydrogens is 522 g/mol. The van der Waals surface area contributed by atoms with Gasteiger partial charge < -0.3 is 5.32 Å². The van der Waals surface area contributed by atoms with Gasteiger partial charge in [-0.05, 0) is 53.8 Å². The Labute approximate surface area is 235 Å². The highest BCUT2D eigenvalue weighted by molar-refractivity contribution is 7.80. The molecule has 8 nitrogen and oxygen atoms in total. The third-order valence-electron chi connectivity index (χ3n) is 6.55. The molecule has 2 amide bonds. The lowest BCUT2D eigenvalue weighted by Crippen LogP contribution is -2.21. The van der Waals surface area contributed by atoms with Crippen molar-refractivity contribution < 1.29 is 13.6 Å². The van der Waals surface area contributed by atoms with Gasteiger partial charge in [0, 0.05) is 22.6 Å². The lowest BCUT2D eigenvalue weighted by molar-refractivity contribution is 0.262. The summed E-state index contributed by atoms with van der Waals surface area (Å²) in [6.45, 7) is 8.28. The lowest BCUT2D eigenvalue weighted by atomic mass is 9.92. The van der Waals surface area contributed by atoms with Crippen LogP contribution in [0.1, 0.15) is 32.0 Å². The average Bonchev–Trinajstić information content (AvgIpc) is 3.33. The number of urea groups is 1. The molecule has 0 aliphatic rings. The minimum Gasteiger partial charge on any atom is -0.307 e. The Bertz CT molecular complexity index is 1720. The molecule has 0 bridgehead atoms. The van der Waals surface area contributed by atoms with Crippen molar-refractivity contribution in [3.05, 3.63) is 102 Å². The molecular formula is C31H31N5O3S. The Hall–Kier alpha value is -4.47. The fraction of sp³-hybridized carbons (Fsp3) is 0.161. The molecule has 4 N–H and O–H groups in total. The van der Waals surface area contributed by atoms with E-state index < -0.39 is 11.3 Å². The van der Waals surface area contributed by atoms with E-state index in [1.165, 1.54) is 0 Å². The van der Waals surface area contributed by atoms with Crippen molar-refractivity contribution >= 4 is 45.3 Å². The second-order valence-electron chi connectivity index (χ2n) is 10.6. The van der Waals surface area contributed by atoms with E-state index in [0.717, 1.165) is 38.8 Å². The number of hydrogen-bond donors (Lipinski definition) is 4. The fourth-order valence-corrected chi connectivity index (χ4v) is 4.83. The molecule has 0 spiro atoms. The summed E-state index contributed by atoms with van der Waals surface area (Å²) in [5.74, 6) is 0.567. The molecule has 5 aromatic rings. The van der Waals surface area contributed by atoms with Crippen LogP contribution in [0.5, 0.6) is 0 Å². The van der Waals surface area contributed by atoms with Gasteiger partial charge in [0.1, 0.15) is 5.82 Å². The average molecular weight is 554 g/mol. The zero-order valence-electron chi connectivity index (χ0n) is 22.7. The Kier molecular flexibility index (Phi) is 7.42. The summed E-state index contributed by atoms with van der Waals surface area (Å²) >= 11 is -2.17. The van der Waals surface area contributed by atoms with Gasteiger partial charge in [-0.3, -0.25) is 14.6 Å². The first kappa shape index (κ1) is 27.1. The van der Waals surface area contributed by atoms with E-state index in [1.807, 2.05) is 91.9 Å². The zero-order valence-corrected chi connectivity index (χ0v) is 23.5. The number of carbonyl (C=O) groups excluding carboxylic acids is 1. The first-order valence-corrected chi connectivity index (χ1v) is 13.9. The Morgan fingerprint density at radius 2 is 1.60 bits per heavy atom. The summed E-state index contributed by atoms with van der Waals surface area (Å²) in [5.41, 5.74) is 5.65. The van der Waals surface area contributed by atoms with Crippen molar-refractivity contribution in [1.29, 1.82) is 0 Å². The number of nitrogens with one attached hydrogen (secondary N) is 3. The van der Waals surface area contributed by atoms with E-state index in [1.54, 1.807) is 10.7 Å². The fourth-order valence-electron chi connectivity index (χ4n) is 4.50. The molecule has 0 saturated carbocycles. The highest BCUT2D eigenvalue weighted by Crippen LogP contribution is 2.34. The first-order valence-electron chi connectivity index (χ1n) is 12.8. The summed E-state index contributed by atoms with van der Waals surface area (Å²) in [6.07, 6.45) is 0. The third-order valence-corrected chi connectivity index (χ3v) is 6.96. The molecule has 0 saturated heterocycles. The summed E-state index contributed by atoms with van der Waals surface area (Å²) in [4.78, 5) is 13.3. The molecule has 4 aromatic carbocycles. The van der Waals surface area contributed by atoms with Gasteiger partial charge in [-0.1, -0.05) is 80.9 Å². The Morgan fingerprint density at radius 1 is 0.875 bits per heavy atom. The molecule has 9 heteroatoms. The number of carbonyl (C=O) groups is 1. The number of amides is 2. The highest BCUT2D eigenvalue weighted by Gasteiger charge is 2.22. The maximum atomic E-state index is 13.3. The minimum absolute atomic E-state index is 0.200. The van der Waals surface area contributed by atoms with Crippen LogP contribution in [0.3, 0.4) is 0 Å². The summed E-state index contributed by atoms with van der Waals surface area (Å²) in [5, 5.41) is 12.6. The van der Waals surface area contributed by atoms with Gasteiger partial charge in [-0.25, -0.2) is 13.7 Å². The summed E-state index contributed by atoms with van der Waals surface area (Å²) in [7, 11) is 0. The van der Waals surface area contributed by atoms with Gasteiger partial charge in [0.15, 0.2) is 0 Å². The molecule has 5 rings (SSSR count). The van der Waals surface area contributed by atoms with Crippen LogP contribution in [0.15, 0.2) is 91.0 Å². The van der Waals surface area contributed by atoms with Gasteiger partial charge in [0.05, 0.1) is 17.1 Å². The number of aryl methyl sites for hydroxylation is 1. The van der Waals surface area contributed by atoms with Crippen LogP contribution in [-0.4, -0.2) is 24.6 Å². The summed E-state index contributed by atoms with van der Waals surface area (Å²) in [6, 6.07) is 28.4. The van der Waals surface area contributed by atoms with Crippen LogP contribution in [0, 0.1) is 6.92 Å². The quantitative estimate of drug-likeness (QED) is 0.163.